The average Bonchev–Trinajstić information content (AvgIpc) is 2.33. The van der Waals surface area contributed by atoms with Gasteiger partial charge in [0.15, 0.2) is 0 Å². The lowest BCUT2D eigenvalue weighted by atomic mass is 9.96. The largest absolute Gasteiger partial charge is 0.388 e. The topological polar surface area (TPSA) is 20.2 Å². The molecule has 0 spiro atoms. The van der Waals surface area contributed by atoms with Gasteiger partial charge in [0.2, 0.25) is 0 Å². The summed E-state index contributed by atoms with van der Waals surface area (Å²) >= 11 is 0. The van der Waals surface area contributed by atoms with Crippen molar-refractivity contribution in [3.05, 3.63) is 70.3 Å². The quantitative estimate of drug-likeness (QED) is 0.890. The summed E-state index contributed by atoms with van der Waals surface area (Å²) < 4.78 is 26.4. The van der Waals surface area contributed by atoms with Crippen molar-refractivity contribution in [2.75, 3.05) is 0 Å². The summed E-state index contributed by atoms with van der Waals surface area (Å²) in [4.78, 5) is 0. The van der Waals surface area contributed by atoms with Crippen LogP contribution in [0.3, 0.4) is 0 Å². The Balaban J connectivity index is 2.25. The maximum atomic E-state index is 13.6. The van der Waals surface area contributed by atoms with Gasteiger partial charge in [-0.15, -0.1) is 0 Å². The molecule has 19 heavy (non-hydrogen) atoms. The van der Waals surface area contributed by atoms with Crippen LogP contribution in [-0.2, 0) is 6.42 Å². The number of rotatable bonds is 3. The fourth-order valence-corrected chi connectivity index (χ4v) is 2.11. The van der Waals surface area contributed by atoms with Crippen molar-refractivity contribution >= 4 is 0 Å². The summed E-state index contributed by atoms with van der Waals surface area (Å²) in [7, 11) is 0. The Kier molecular flexibility index (Phi) is 3.96. The van der Waals surface area contributed by atoms with E-state index in [1.807, 2.05) is 32.0 Å². The average molecular weight is 262 g/mol. The minimum atomic E-state index is -0.971. The Morgan fingerprint density at radius 1 is 1.05 bits per heavy atom. The number of aliphatic hydroxyl groups is 1. The highest BCUT2D eigenvalue weighted by atomic mass is 19.1. The second-order valence-electron chi connectivity index (χ2n) is 4.82. The van der Waals surface area contributed by atoms with Crippen LogP contribution in [0.5, 0.6) is 0 Å². The molecule has 0 aliphatic carbocycles. The Bertz CT molecular complexity index is 593. The van der Waals surface area contributed by atoms with Crippen LogP contribution in [0, 0.1) is 25.5 Å². The summed E-state index contributed by atoms with van der Waals surface area (Å²) in [5.74, 6) is -1.35. The highest BCUT2D eigenvalue weighted by molar-refractivity contribution is 5.32. The van der Waals surface area contributed by atoms with E-state index in [4.69, 9.17) is 0 Å². The van der Waals surface area contributed by atoms with Gasteiger partial charge in [-0.1, -0.05) is 29.8 Å². The van der Waals surface area contributed by atoms with E-state index in [-0.39, 0.29) is 5.56 Å². The number of benzene rings is 2. The van der Waals surface area contributed by atoms with Crippen molar-refractivity contribution in [2.45, 2.75) is 26.4 Å². The molecule has 100 valence electrons. The van der Waals surface area contributed by atoms with Crippen LogP contribution in [0.15, 0.2) is 36.4 Å². The van der Waals surface area contributed by atoms with Crippen LogP contribution >= 0.6 is 0 Å². The van der Waals surface area contributed by atoms with E-state index in [1.165, 1.54) is 6.07 Å². The van der Waals surface area contributed by atoms with E-state index in [2.05, 4.69) is 0 Å². The minimum Gasteiger partial charge on any atom is -0.388 e. The lowest BCUT2D eigenvalue weighted by Gasteiger charge is -2.14. The molecule has 3 heteroatoms. The fraction of sp³-hybridized carbons (Fsp3) is 0.250. The third-order valence-corrected chi connectivity index (χ3v) is 3.24. The molecular weight excluding hydrogens is 246 g/mol. The molecule has 0 radical (unpaired) electrons. The molecular formula is C16H16F2O. The zero-order valence-electron chi connectivity index (χ0n) is 11.0. The van der Waals surface area contributed by atoms with Crippen LogP contribution < -0.4 is 0 Å². The first-order valence-corrected chi connectivity index (χ1v) is 6.16. The number of aliphatic hydroxyl groups excluding tert-OH is 1. The molecule has 0 saturated heterocycles. The van der Waals surface area contributed by atoms with Gasteiger partial charge >= 0.3 is 0 Å². The van der Waals surface area contributed by atoms with Crippen molar-refractivity contribution in [1.29, 1.82) is 0 Å². The Labute approximate surface area is 111 Å². The smallest absolute Gasteiger partial charge is 0.131 e. The van der Waals surface area contributed by atoms with Crippen LogP contribution in [0.25, 0.3) is 0 Å². The Morgan fingerprint density at radius 2 is 1.79 bits per heavy atom. The first-order valence-electron chi connectivity index (χ1n) is 6.16. The first-order chi connectivity index (χ1) is 8.97. The summed E-state index contributed by atoms with van der Waals surface area (Å²) in [5.41, 5.74) is 3.23. The predicted octanol–water partition coefficient (Wildman–Crippen LogP) is 3.86. The fourth-order valence-electron chi connectivity index (χ4n) is 2.11. The lowest BCUT2D eigenvalue weighted by Crippen LogP contribution is -2.06. The number of hydrogen-bond acceptors (Lipinski definition) is 1. The summed E-state index contributed by atoms with van der Waals surface area (Å²) in [6, 6.07) is 9.18. The van der Waals surface area contributed by atoms with Gasteiger partial charge in [0.1, 0.15) is 11.6 Å². The molecule has 0 bridgehead atoms. The van der Waals surface area contributed by atoms with Crippen molar-refractivity contribution in [1.82, 2.24) is 0 Å². The molecule has 1 nitrogen and oxygen atoms in total. The SMILES string of the molecule is Cc1ccc(C)c(CC(O)c2ccc(F)cc2F)c1. The number of aryl methyl sites for hydroxylation is 2. The van der Waals surface area contributed by atoms with Gasteiger partial charge in [0, 0.05) is 18.1 Å². The second kappa shape index (κ2) is 5.49. The van der Waals surface area contributed by atoms with Gasteiger partial charge in [0.25, 0.3) is 0 Å². The van der Waals surface area contributed by atoms with E-state index in [0.717, 1.165) is 28.8 Å². The third-order valence-electron chi connectivity index (χ3n) is 3.24. The van der Waals surface area contributed by atoms with E-state index >= 15 is 0 Å². The summed E-state index contributed by atoms with van der Waals surface area (Å²) in [6.07, 6.45) is -0.656. The molecule has 2 aromatic rings. The first kappa shape index (κ1) is 13.7. The van der Waals surface area contributed by atoms with Crippen LogP contribution in [0.2, 0.25) is 0 Å². The number of hydrogen-bond donors (Lipinski definition) is 1. The molecule has 0 fully saturated rings. The summed E-state index contributed by atoms with van der Waals surface area (Å²) in [5, 5.41) is 10.1. The van der Waals surface area contributed by atoms with E-state index < -0.39 is 17.7 Å². The van der Waals surface area contributed by atoms with Crippen molar-refractivity contribution in [3.63, 3.8) is 0 Å². The van der Waals surface area contributed by atoms with E-state index in [1.54, 1.807) is 0 Å². The van der Waals surface area contributed by atoms with Gasteiger partial charge in [-0.05, 0) is 31.0 Å². The molecule has 1 unspecified atom stereocenters. The van der Waals surface area contributed by atoms with E-state index in [9.17, 15) is 13.9 Å². The van der Waals surface area contributed by atoms with Crippen molar-refractivity contribution < 1.29 is 13.9 Å². The predicted molar refractivity (Wildman–Crippen MR) is 70.9 cm³/mol. The summed E-state index contributed by atoms with van der Waals surface area (Å²) in [6.45, 7) is 3.91. The van der Waals surface area contributed by atoms with Crippen molar-refractivity contribution in [3.8, 4) is 0 Å². The minimum absolute atomic E-state index is 0.127. The molecule has 0 aliphatic rings. The second-order valence-corrected chi connectivity index (χ2v) is 4.82. The highest BCUT2D eigenvalue weighted by Gasteiger charge is 2.15. The molecule has 0 aromatic heterocycles. The van der Waals surface area contributed by atoms with Gasteiger partial charge in [-0.25, -0.2) is 8.78 Å². The molecule has 2 rings (SSSR count). The molecule has 0 saturated carbocycles. The third kappa shape index (κ3) is 3.18. The molecule has 0 aliphatic heterocycles. The maximum absolute atomic E-state index is 13.6. The molecule has 1 N–H and O–H groups in total. The Morgan fingerprint density at radius 3 is 2.47 bits per heavy atom. The molecule has 1 atom stereocenters. The highest BCUT2D eigenvalue weighted by Crippen LogP contribution is 2.23. The standard InChI is InChI=1S/C16H16F2O/c1-10-3-4-11(2)12(7-10)8-16(19)14-6-5-13(17)9-15(14)18/h3-7,9,16,19H,8H2,1-2H3. The van der Waals surface area contributed by atoms with Gasteiger partial charge < -0.3 is 5.11 Å². The van der Waals surface area contributed by atoms with Crippen molar-refractivity contribution in [2.24, 2.45) is 0 Å². The van der Waals surface area contributed by atoms with E-state index in [0.29, 0.717) is 6.42 Å². The lowest BCUT2D eigenvalue weighted by molar-refractivity contribution is 0.173. The monoisotopic (exact) mass is 262 g/mol. The number of halogens is 2. The maximum Gasteiger partial charge on any atom is 0.131 e. The molecule has 0 heterocycles. The molecule has 2 aromatic carbocycles. The normalized spacial score (nSPS) is 12.5. The Hall–Kier alpha value is -1.74. The van der Waals surface area contributed by atoms with Crippen LogP contribution in [0.4, 0.5) is 8.78 Å². The zero-order chi connectivity index (χ0) is 14.0. The van der Waals surface area contributed by atoms with Crippen LogP contribution in [-0.4, -0.2) is 5.11 Å². The van der Waals surface area contributed by atoms with Crippen LogP contribution in [0.1, 0.15) is 28.4 Å². The zero-order valence-corrected chi connectivity index (χ0v) is 11.0. The molecule has 0 amide bonds. The van der Waals surface area contributed by atoms with Gasteiger partial charge in [-0.3, -0.25) is 0 Å². The van der Waals surface area contributed by atoms with Gasteiger partial charge in [-0.2, -0.15) is 0 Å². The van der Waals surface area contributed by atoms with Gasteiger partial charge in [0.05, 0.1) is 6.10 Å².